The molecule has 1 aromatic rings. The maximum absolute atomic E-state index is 12.5. The Morgan fingerprint density at radius 1 is 1.38 bits per heavy atom. The molecule has 21 heavy (non-hydrogen) atoms. The Morgan fingerprint density at radius 2 is 2.29 bits per heavy atom. The van der Waals surface area contributed by atoms with Gasteiger partial charge in [-0.15, -0.1) is 0 Å². The summed E-state index contributed by atoms with van der Waals surface area (Å²) in [5.74, 6) is 2.24. The molecule has 4 aliphatic rings. The number of carbonyl (C=O) groups is 1. The van der Waals surface area contributed by atoms with E-state index in [0.29, 0.717) is 12.3 Å². The van der Waals surface area contributed by atoms with Crippen molar-refractivity contribution in [3.63, 3.8) is 0 Å². The Kier molecular flexibility index (Phi) is 2.18. The molecule has 2 aliphatic carbocycles. The van der Waals surface area contributed by atoms with E-state index < -0.39 is 0 Å². The van der Waals surface area contributed by atoms with Gasteiger partial charge in [0.25, 0.3) is 0 Å². The molecule has 4 heteroatoms. The lowest BCUT2D eigenvalue weighted by Crippen LogP contribution is -2.61. The Bertz CT molecular complexity index is 652. The maximum Gasteiger partial charge on any atom is 0.174 e. The molecule has 0 N–H and O–H groups in total. The van der Waals surface area contributed by atoms with Gasteiger partial charge in [0.05, 0.1) is 18.6 Å². The van der Waals surface area contributed by atoms with Crippen molar-refractivity contribution in [2.24, 2.45) is 5.92 Å². The van der Waals surface area contributed by atoms with Gasteiger partial charge in [0.1, 0.15) is 0 Å². The monoisotopic (exact) mass is 286 g/mol. The molecule has 1 saturated heterocycles. The van der Waals surface area contributed by atoms with Crippen molar-refractivity contribution < 1.29 is 19.0 Å². The SMILES string of the molecule is COc1ccc2c3c1OC1C(=O)CCC4C(C2)OCCC314. The van der Waals surface area contributed by atoms with Crippen molar-refractivity contribution in [3.8, 4) is 11.5 Å². The Hall–Kier alpha value is -1.55. The number of hydrogen-bond donors (Lipinski definition) is 0. The number of carbonyl (C=O) groups excluding carboxylic acids is 1. The first-order valence-corrected chi connectivity index (χ1v) is 7.77. The quantitative estimate of drug-likeness (QED) is 0.792. The second kappa shape index (κ2) is 3.80. The van der Waals surface area contributed by atoms with Gasteiger partial charge in [-0.05, 0) is 36.8 Å². The van der Waals surface area contributed by atoms with Crippen LogP contribution in [0.25, 0.3) is 0 Å². The normalized spacial score (nSPS) is 38.7. The predicted molar refractivity (Wildman–Crippen MR) is 74.9 cm³/mol. The average Bonchev–Trinajstić information content (AvgIpc) is 2.83. The highest BCUT2D eigenvalue weighted by Gasteiger charge is 2.65. The third kappa shape index (κ3) is 1.24. The fourth-order valence-electron chi connectivity index (χ4n) is 5.21. The lowest BCUT2D eigenvalue weighted by Gasteiger charge is -2.53. The van der Waals surface area contributed by atoms with E-state index in [1.54, 1.807) is 7.11 Å². The summed E-state index contributed by atoms with van der Waals surface area (Å²) in [6, 6.07) is 4.09. The molecular weight excluding hydrogens is 268 g/mol. The molecule has 0 aromatic heterocycles. The van der Waals surface area contributed by atoms with Gasteiger partial charge in [-0.25, -0.2) is 0 Å². The minimum atomic E-state index is -0.326. The Morgan fingerprint density at radius 3 is 3.14 bits per heavy atom. The fourth-order valence-corrected chi connectivity index (χ4v) is 5.21. The van der Waals surface area contributed by atoms with Gasteiger partial charge in [-0.1, -0.05) is 6.07 Å². The van der Waals surface area contributed by atoms with Crippen LogP contribution in [0.1, 0.15) is 30.4 Å². The van der Waals surface area contributed by atoms with Gasteiger partial charge < -0.3 is 14.2 Å². The van der Waals surface area contributed by atoms with Gasteiger partial charge in [-0.2, -0.15) is 0 Å². The Balaban J connectivity index is 1.83. The van der Waals surface area contributed by atoms with Crippen LogP contribution in [0.2, 0.25) is 0 Å². The number of methoxy groups -OCH3 is 1. The van der Waals surface area contributed by atoms with Crippen LogP contribution in [0.3, 0.4) is 0 Å². The molecule has 4 unspecified atom stereocenters. The summed E-state index contributed by atoms with van der Waals surface area (Å²) in [7, 11) is 1.66. The van der Waals surface area contributed by atoms with Crippen LogP contribution in [-0.2, 0) is 21.4 Å². The van der Waals surface area contributed by atoms with E-state index in [1.165, 1.54) is 11.1 Å². The summed E-state index contributed by atoms with van der Waals surface area (Å²) in [5, 5.41) is 0. The number of ether oxygens (including phenoxy) is 3. The zero-order chi connectivity index (χ0) is 14.2. The van der Waals surface area contributed by atoms with Gasteiger partial charge in [0, 0.05) is 18.6 Å². The summed E-state index contributed by atoms with van der Waals surface area (Å²) >= 11 is 0. The number of ketones is 1. The van der Waals surface area contributed by atoms with Crippen molar-refractivity contribution >= 4 is 5.78 Å². The second-order valence-corrected chi connectivity index (χ2v) is 6.64. The van der Waals surface area contributed by atoms with E-state index in [2.05, 4.69) is 6.07 Å². The fraction of sp³-hybridized carbons (Fsp3) is 0.588. The third-order valence-corrected chi connectivity index (χ3v) is 5.97. The van der Waals surface area contributed by atoms with Crippen molar-refractivity contribution in [1.82, 2.24) is 0 Å². The van der Waals surface area contributed by atoms with Gasteiger partial charge in [0.15, 0.2) is 23.4 Å². The zero-order valence-corrected chi connectivity index (χ0v) is 12.1. The number of Topliss-reactive ketones (excluding diaryl/α,β-unsaturated/α-hetero) is 1. The van der Waals surface area contributed by atoms with E-state index in [4.69, 9.17) is 14.2 Å². The summed E-state index contributed by atoms with van der Waals surface area (Å²) in [5.41, 5.74) is 2.38. The van der Waals surface area contributed by atoms with Crippen molar-refractivity contribution in [2.75, 3.05) is 13.7 Å². The molecular formula is C17H18O4. The van der Waals surface area contributed by atoms with Crippen LogP contribution in [0.5, 0.6) is 11.5 Å². The highest BCUT2D eigenvalue weighted by Crippen LogP contribution is 2.62. The minimum Gasteiger partial charge on any atom is -0.493 e. The molecule has 110 valence electrons. The van der Waals surface area contributed by atoms with Crippen molar-refractivity contribution in [2.45, 2.75) is 43.3 Å². The Labute approximate surface area is 123 Å². The van der Waals surface area contributed by atoms with Crippen LogP contribution in [0.4, 0.5) is 0 Å². The molecule has 1 saturated carbocycles. The molecule has 2 heterocycles. The van der Waals surface area contributed by atoms with Crippen LogP contribution in [0.15, 0.2) is 12.1 Å². The average molecular weight is 286 g/mol. The van der Waals surface area contributed by atoms with Crippen molar-refractivity contribution in [1.29, 1.82) is 0 Å². The van der Waals surface area contributed by atoms with E-state index in [9.17, 15) is 4.79 Å². The van der Waals surface area contributed by atoms with E-state index >= 15 is 0 Å². The minimum absolute atomic E-state index is 0.157. The highest BCUT2D eigenvalue weighted by atomic mass is 16.5. The summed E-state index contributed by atoms with van der Waals surface area (Å²) in [6.07, 6.45) is 3.28. The molecule has 4 nitrogen and oxygen atoms in total. The summed E-state index contributed by atoms with van der Waals surface area (Å²) < 4.78 is 17.7. The number of rotatable bonds is 1. The number of benzene rings is 1. The van der Waals surface area contributed by atoms with E-state index in [0.717, 1.165) is 37.4 Å². The number of hydrogen-bond acceptors (Lipinski definition) is 4. The zero-order valence-electron chi connectivity index (χ0n) is 12.1. The molecule has 2 aliphatic heterocycles. The lowest BCUT2D eigenvalue weighted by molar-refractivity contribution is -0.149. The largest absolute Gasteiger partial charge is 0.493 e. The molecule has 2 bridgehead atoms. The molecule has 1 aromatic carbocycles. The van der Waals surface area contributed by atoms with Gasteiger partial charge >= 0.3 is 0 Å². The maximum atomic E-state index is 12.5. The van der Waals surface area contributed by atoms with E-state index in [1.807, 2.05) is 6.07 Å². The first kappa shape index (κ1) is 12.0. The second-order valence-electron chi connectivity index (χ2n) is 6.64. The smallest absolute Gasteiger partial charge is 0.174 e. The molecule has 0 radical (unpaired) electrons. The van der Waals surface area contributed by atoms with Crippen LogP contribution in [0, 0.1) is 5.92 Å². The lowest BCUT2D eigenvalue weighted by atomic mass is 9.53. The molecule has 2 fully saturated rings. The molecule has 1 spiro atoms. The molecule has 5 rings (SSSR count). The van der Waals surface area contributed by atoms with Gasteiger partial charge in [-0.3, -0.25) is 4.79 Å². The first-order chi connectivity index (χ1) is 10.3. The topological polar surface area (TPSA) is 44.8 Å². The van der Waals surface area contributed by atoms with Gasteiger partial charge in [0.2, 0.25) is 0 Å². The van der Waals surface area contributed by atoms with Crippen molar-refractivity contribution in [3.05, 3.63) is 23.3 Å². The predicted octanol–water partition coefficient (Wildman–Crippen LogP) is 2.02. The molecule has 4 atom stereocenters. The van der Waals surface area contributed by atoms with Crippen LogP contribution >= 0.6 is 0 Å². The third-order valence-electron chi connectivity index (χ3n) is 5.97. The van der Waals surface area contributed by atoms with Crippen LogP contribution < -0.4 is 9.47 Å². The highest BCUT2D eigenvalue weighted by molar-refractivity contribution is 5.89. The summed E-state index contributed by atoms with van der Waals surface area (Å²) in [6.45, 7) is 0.727. The standard InChI is InChI=1S/C17H18O4/c1-19-12-5-2-9-8-13-10-3-4-11(18)16-17(10,6-7-20-13)14(9)15(12)21-16/h2,5,10,13,16H,3-4,6-8H2,1H3. The first-order valence-electron chi connectivity index (χ1n) is 7.77. The van der Waals surface area contributed by atoms with E-state index in [-0.39, 0.29) is 23.4 Å². The summed E-state index contributed by atoms with van der Waals surface area (Å²) in [4.78, 5) is 12.5. The molecule has 0 amide bonds. The van der Waals surface area contributed by atoms with Crippen LogP contribution in [-0.4, -0.2) is 31.7 Å².